The summed E-state index contributed by atoms with van der Waals surface area (Å²) in [5.41, 5.74) is 0. The highest BCUT2D eigenvalue weighted by molar-refractivity contribution is 5.92. The first-order valence-corrected chi connectivity index (χ1v) is 7.16. The summed E-state index contributed by atoms with van der Waals surface area (Å²) in [4.78, 5) is 37.2. The van der Waals surface area contributed by atoms with Crippen LogP contribution in [0.2, 0.25) is 0 Å². The van der Waals surface area contributed by atoms with Crippen molar-refractivity contribution >= 4 is 17.7 Å². The average Bonchev–Trinajstić information content (AvgIpc) is 2.84. The van der Waals surface area contributed by atoms with E-state index in [1.807, 2.05) is 13.8 Å². The predicted octanol–water partition coefficient (Wildman–Crippen LogP) is 0.274. The molecule has 0 aliphatic carbocycles. The van der Waals surface area contributed by atoms with E-state index in [-0.39, 0.29) is 23.6 Å². The molecule has 0 aromatic rings. The van der Waals surface area contributed by atoms with E-state index in [2.05, 4.69) is 10.6 Å². The van der Waals surface area contributed by atoms with Crippen LogP contribution >= 0.6 is 0 Å². The summed E-state index contributed by atoms with van der Waals surface area (Å²) in [5.74, 6) is -0.224. The Hall–Kier alpha value is -1.59. The van der Waals surface area contributed by atoms with E-state index in [0.717, 1.165) is 6.42 Å². The Labute approximate surface area is 120 Å². The minimum Gasteiger partial charge on any atom is -0.357 e. The van der Waals surface area contributed by atoms with Gasteiger partial charge >= 0.3 is 0 Å². The highest BCUT2D eigenvalue weighted by Gasteiger charge is 2.37. The maximum Gasteiger partial charge on any atom is 0.245 e. The minimum atomic E-state index is -0.544. The third-order valence-corrected chi connectivity index (χ3v) is 3.47. The van der Waals surface area contributed by atoms with E-state index in [1.165, 1.54) is 6.92 Å². The first-order valence-electron chi connectivity index (χ1n) is 7.16. The number of carbonyl (C=O) groups excluding carboxylic acids is 3. The molecule has 20 heavy (non-hydrogen) atoms. The van der Waals surface area contributed by atoms with Crippen LogP contribution in [0, 0.1) is 5.92 Å². The monoisotopic (exact) mass is 283 g/mol. The normalized spacial score (nSPS) is 19.9. The highest BCUT2D eigenvalue weighted by atomic mass is 16.2. The second kappa shape index (κ2) is 7.26. The van der Waals surface area contributed by atoms with Crippen LogP contribution in [-0.4, -0.2) is 48.3 Å². The van der Waals surface area contributed by atoms with E-state index in [4.69, 9.17) is 0 Å². The summed E-state index contributed by atoms with van der Waals surface area (Å²) in [6.45, 7) is 5.98. The molecular formula is C14H25N3O3. The van der Waals surface area contributed by atoms with Gasteiger partial charge in [-0.3, -0.25) is 14.4 Å². The van der Waals surface area contributed by atoms with Crippen LogP contribution in [0.4, 0.5) is 0 Å². The van der Waals surface area contributed by atoms with Gasteiger partial charge < -0.3 is 15.5 Å². The van der Waals surface area contributed by atoms with Gasteiger partial charge in [0, 0.05) is 20.5 Å². The van der Waals surface area contributed by atoms with Crippen molar-refractivity contribution in [2.24, 2.45) is 5.92 Å². The maximum absolute atomic E-state index is 12.6. The lowest BCUT2D eigenvalue weighted by molar-refractivity contribution is -0.141. The van der Waals surface area contributed by atoms with E-state index in [9.17, 15) is 14.4 Å². The lowest BCUT2D eigenvalue weighted by Gasteiger charge is -2.29. The van der Waals surface area contributed by atoms with Crippen molar-refractivity contribution in [2.45, 2.75) is 52.1 Å². The quantitative estimate of drug-likeness (QED) is 0.760. The van der Waals surface area contributed by atoms with Gasteiger partial charge in [-0.1, -0.05) is 13.8 Å². The maximum atomic E-state index is 12.6. The lowest BCUT2D eigenvalue weighted by atomic mass is 10.0. The molecule has 3 amide bonds. The summed E-state index contributed by atoms with van der Waals surface area (Å²) in [7, 11) is 1.57. The third-order valence-electron chi connectivity index (χ3n) is 3.47. The highest BCUT2D eigenvalue weighted by Crippen LogP contribution is 2.20. The molecule has 6 nitrogen and oxygen atoms in total. The zero-order valence-corrected chi connectivity index (χ0v) is 12.7. The summed E-state index contributed by atoms with van der Waals surface area (Å²) in [6.07, 6.45) is 2.08. The summed E-state index contributed by atoms with van der Waals surface area (Å²) >= 11 is 0. The molecule has 1 rings (SSSR count). The van der Waals surface area contributed by atoms with Crippen LogP contribution in [0.25, 0.3) is 0 Å². The Morgan fingerprint density at radius 3 is 2.45 bits per heavy atom. The van der Waals surface area contributed by atoms with Gasteiger partial charge in [-0.15, -0.1) is 0 Å². The number of amides is 3. The summed E-state index contributed by atoms with van der Waals surface area (Å²) < 4.78 is 0. The van der Waals surface area contributed by atoms with Crippen molar-refractivity contribution in [2.75, 3.05) is 13.6 Å². The van der Waals surface area contributed by atoms with Gasteiger partial charge in [-0.05, 0) is 25.2 Å². The standard InChI is InChI=1S/C14H25N3O3/c1-9(2)8-11(16-10(3)18)14(20)17-7-5-6-12(17)13(19)15-4/h9,11-12H,5-8H2,1-4H3,(H,15,19)(H,16,18)/t11-,12+/m1/s1. The zero-order chi connectivity index (χ0) is 15.3. The van der Waals surface area contributed by atoms with Crippen LogP contribution in [0.1, 0.15) is 40.0 Å². The first kappa shape index (κ1) is 16.5. The number of rotatable bonds is 5. The Bertz CT molecular complexity index is 382. The van der Waals surface area contributed by atoms with Crippen molar-refractivity contribution in [3.05, 3.63) is 0 Å². The molecule has 0 bridgehead atoms. The molecule has 1 saturated heterocycles. The van der Waals surface area contributed by atoms with Crippen molar-refractivity contribution in [3.8, 4) is 0 Å². The van der Waals surface area contributed by atoms with Crippen LogP contribution in [0.15, 0.2) is 0 Å². The number of hydrogen-bond acceptors (Lipinski definition) is 3. The van der Waals surface area contributed by atoms with Crippen LogP contribution in [0.3, 0.4) is 0 Å². The summed E-state index contributed by atoms with van der Waals surface area (Å²) in [6, 6.07) is -0.950. The molecule has 1 fully saturated rings. The van der Waals surface area contributed by atoms with Crippen molar-refractivity contribution < 1.29 is 14.4 Å². The molecule has 0 radical (unpaired) electrons. The number of hydrogen-bond donors (Lipinski definition) is 2. The van der Waals surface area contributed by atoms with Crippen molar-refractivity contribution in [1.82, 2.24) is 15.5 Å². The van der Waals surface area contributed by atoms with Gasteiger partial charge in [0.15, 0.2) is 0 Å². The Morgan fingerprint density at radius 1 is 1.30 bits per heavy atom. The van der Waals surface area contributed by atoms with E-state index < -0.39 is 12.1 Å². The molecule has 0 aromatic heterocycles. The largest absolute Gasteiger partial charge is 0.357 e. The van der Waals surface area contributed by atoms with Gasteiger partial charge in [0.25, 0.3) is 0 Å². The summed E-state index contributed by atoms with van der Waals surface area (Å²) in [5, 5.41) is 5.30. The van der Waals surface area contributed by atoms with E-state index in [0.29, 0.717) is 19.4 Å². The number of carbonyl (C=O) groups is 3. The molecule has 6 heteroatoms. The topological polar surface area (TPSA) is 78.5 Å². The predicted molar refractivity (Wildman–Crippen MR) is 75.9 cm³/mol. The smallest absolute Gasteiger partial charge is 0.245 e. The molecule has 0 aromatic carbocycles. The second-order valence-corrected chi connectivity index (χ2v) is 5.69. The molecule has 0 saturated carbocycles. The average molecular weight is 283 g/mol. The second-order valence-electron chi connectivity index (χ2n) is 5.69. The molecule has 0 unspecified atom stereocenters. The number of nitrogens with zero attached hydrogens (tertiary/aromatic N) is 1. The fraction of sp³-hybridized carbons (Fsp3) is 0.786. The Kier molecular flexibility index (Phi) is 5.98. The van der Waals surface area contributed by atoms with Gasteiger partial charge in [-0.2, -0.15) is 0 Å². The van der Waals surface area contributed by atoms with Gasteiger partial charge in [0.2, 0.25) is 17.7 Å². The lowest BCUT2D eigenvalue weighted by Crippen LogP contribution is -2.53. The number of nitrogens with one attached hydrogen (secondary N) is 2. The fourth-order valence-corrected chi connectivity index (χ4v) is 2.61. The van der Waals surface area contributed by atoms with E-state index in [1.54, 1.807) is 11.9 Å². The molecular weight excluding hydrogens is 258 g/mol. The van der Waals surface area contributed by atoms with E-state index >= 15 is 0 Å². The zero-order valence-electron chi connectivity index (χ0n) is 12.7. The molecule has 1 aliphatic heterocycles. The van der Waals surface area contributed by atoms with Crippen LogP contribution in [0.5, 0.6) is 0 Å². The molecule has 0 spiro atoms. The molecule has 114 valence electrons. The molecule has 1 heterocycles. The van der Waals surface area contributed by atoms with Crippen LogP contribution in [-0.2, 0) is 14.4 Å². The van der Waals surface area contributed by atoms with Gasteiger partial charge in [-0.25, -0.2) is 0 Å². The SMILES string of the molecule is CNC(=O)[C@@H]1CCCN1C(=O)[C@@H](CC(C)C)NC(C)=O. The third kappa shape index (κ3) is 4.21. The fourth-order valence-electron chi connectivity index (χ4n) is 2.61. The molecule has 1 aliphatic rings. The number of likely N-dealkylation sites (N-methyl/N-ethyl adjacent to an activating group) is 1. The van der Waals surface area contributed by atoms with Crippen molar-refractivity contribution in [3.63, 3.8) is 0 Å². The van der Waals surface area contributed by atoms with Gasteiger partial charge in [0.1, 0.15) is 12.1 Å². The Morgan fingerprint density at radius 2 is 1.95 bits per heavy atom. The van der Waals surface area contributed by atoms with Crippen LogP contribution < -0.4 is 10.6 Å². The molecule has 2 N–H and O–H groups in total. The molecule has 2 atom stereocenters. The van der Waals surface area contributed by atoms with Gasteiger partial charge in [0.05, 0.1) is 0 Å². The minimum absolute atomic E-state index is 0.137. The first-order chi connectivity index (χ1) is 9.36. The van der Waals surface area contributed by atoms with Crippen molar-refractivity contribution in [1.29, 1.82) is 0 Å². The Balaban J connectivity index is 2.81. The number of likely N-dealkylation sites (tertiary alicyclic amines) is 1.